The largest absolute Gasteiger partial charge is 0.391 e. The van der Waals surface area contributed by atoms with Crippen molar-refractivity contribution in [3.63, 3.8) is 0 Å². The minimum atomic E-state index is -0.282. The van der Waals surface area contributed by atoms with Crippen molar-refractivity contribution < 1.29 is 9.63 Å². The van der Waals surface area contributed by atoms with Gasteiger partial charge < -0.3 is 4.84 Å². The van der Waals surface area contributed by atoms with E-state index in [0.717, 1.165) is 5.56 Å². The van der Waals surface area contributed by atoms with E-state index in [1.807, 2.05) is 6.26 Å². The molecule has 7 nitrogen and oxygen atoms in total. The van der Waals surface area contributed by atoms with E-state index in [2.05, 4.69) is 20.6 Å². The van der Waals surface area contributed by atoms with Crippen LogP contribution in [0.25, 0.3) is 0 Å². The normalized spacial score (nSPS) is 11.0. The van der Waals surface area contributed by atoms with Crippen molar-refractivity contribution in [2.45, 2.75) is 18.2 Å². The number of amides is 1. The first-order chi connectivity index (χ1) is 11.5. The van der Waals surface area contributed by atoms with Gasteiger partial charge in [0.2, 0.25) is 11.9 Å². The smallest absolute Gasteiger partial charge is 0.249 e. The molecule has 10 heteroatoms. The summed E-state index contributed by atoms with van der Waals surface area (Å²) in [5, 5.41) is 12.0. The summed E-state index contributed by atoms with van der Waals surface area (Å²) in [5.74, 6) is -0.0212. The molecule has 1 N–H and O–H groups in total. The zero-order valence-electron chi connectivity index (χ0n) is 13.0. The molecule has 0 saturated carbocycles. The third kappa shape index (κ3) is 5.40. The lowest BCUT2D eigenvalue weighted by molar-refractivity contribution is -0.115. The number of carbonyl (C=O) groups is 1. The van der Waals surface area contributed by atoms with E-state index in [4.69, 9.17) is 28.0 Å². The number of carbonyl (C=O) groups excluding carboxylic acids is 1. The summed E-state index contributed by atoms with van der Waals surface area (Å²) in [5.41, 5.74) is 0.827. The predicted molar refractivity (Wildman–Crippen MR) is 95.8 cm³/mol. The van der Waals surface area contributed by atoms with Gasteiger partial charge in [0, 0.05) is 7.05 Å². The van der Waals surface area contributed by atoms with Gasteiger partial charge in [-0.05, 0) is 24.0 Å². The van der Waals surface area contributed by atoms with E-state index in [9.17, 15) is 4.79 Å². The van der Waals surface area contributed by atoms with Crippen molar-refractivity contribution in [1.82, 2.24) is 14.8 Å². The molecule has 0 aliphatic heterocycles. The predicted octanol–water partition coefficient (Wildman–Crippen LogP) is 3.38. The van der Waals surface area contributed by atoms with Gasteiger partial charge in [0.1, 0.15) is 6.61 Å². The van der Waals surface area contributed by atoms with Gasteiger partial charge in [-0.2, -0.15) is 4.98 Å². The molecule has 0 saturated heterocycles. The van der Waals surface area contributed by atoms with Gasteiger partial charge in [-0.3, -0.25) is 10.1 Å². The summed E-state index contributed by atoms with van der Waals surface area (Å²) in [6.45, 7) is 0.230. The Bertz CT molecular complexity index is 751. The summed E-state index contributed by atoms with van der Waals surface area (Å²) in [4.78, 5) is 21.0. The molecule has 2 rings (SSSR count). The van der Waals surface area contributed by atoms with Crippen LogP contribution in [0.4, 0.5) is 5.95 Å². The molecule has 0 bridgehead atoms. The number of aryl methyl sites for hydroxylation is 1. The van der Waals surface area contributed by atoms with Crippen molar-refractivity contribution >= 4 is 53.0 Å². The Hall–Kier alpha value is -1.77. The maximum Gasteiger partial charge on any atom is 0.249 e. The van der Waals surface area contributed by atoms with Crippen LogP contribution in [0.3, 0.4) is 0 Å². The fraction of sp³-hybridized carbons (Fsp3) is 0.286. The van der Waals surface area contributed by atoms with Gasteiger partial charge in [0.25, 0.3) is 0 Å². The number of rotatable bonds is 7. The Labute approximate surface area is 153 Å². The second-order valence-corrected chi connectivity index (χ2v) is 6.20. The highest BCUT2D eigenvalue weighted by atomic mass is 35.5. The van der Waals surface area contributed by atoms with E-state index >= 15 is 0 Å². The second-order valence-electron chi connectivity index (χ2n) is 4.61. The molecule has 0 radical (unpaired) electrons. The zero-order valence-corrected chi connectivity index (χ0v) is 15.3. The van der Waals surface area contributed by atoms with Crippen molar-refractivity contribution in [3.05, 3.63) is 33.8 Å². The first-order valence-corrected chi connectivity index (χ1v) is 8.80. The molecule has 0 unspecified atom stereocenters. The van der Waals surface area contributed by atoms with Gasteiger partial charge in [0.15, 0.2) is 5.16 Å². The molecular weight excluding hydrogens is 373 g/mol. The van der Waals surface area contributed by atoms with E-state index in [1.165, 1.54) is 18.0 Å². The molecule has 0 aliphatic rings. The van der Waals surface area contributed by atoms with Crippen molar-refractivity contribution in [3.8, 4) is 0 Å². The number of anilines is 1. The van der Waals surface area contributed by atoms with E-state index in [0.29, 0.717) is 15.2 Å². The maximum absolute atomic E-state index is 11.8. The number of benzene rings is 1. The Morgan fingerprint density at radius 2 is 2.25 bits per heavy atom. The molecule has 0 spiro atoms. The maximum atomic E-state index is 11.8. The molecule has 0 fully saturated rings. The molecule has 0 aliphatic carbocycles. The molecular formula is C14H15Cl2N5O2S. The fourth-order valence-corrected chi connectivity index (χ4v) is 2.49. The van der Waals surface area contributed by atoms with Gasteiger partial charge in [-0.1, -0.05) is 46.2 Å². The van der Waals surface area contributed by atoms with E-state index in [1.54, 1.807) is 29.9 Å². The highest BCUT2D eigenvalue weighted by Crippen LogP contribution is 2.22. The van der Waals surface area contributed by atoms with Crippen LogP contribution in [0, 0.1) is 0 Å². The average Bonchev–Trinajstić information content (AvgIpc) is 2.90. The SMILES string of the molecule is CSc1nc(NC(=O)C/C=N\OCc2ccc(Cl)c(Cl)c2)nn1C. The highest BCUT2D eigenvalue weighted by molar-refractivity contribution is 7.98. The van der Waals surface area contributed by atoms with Crippen molar-refractivity contribution in [2.24, 2.45) is 12.2 Å². The quantitative estimate of drug-likeness (QED) is 0.447. The van der Waals surface area contributed by atoms with Crippen LogP contribution in [0.2, 0.25) is 10.0 Å². The third-order valence-corrected chi connectivity index (χ3v) is 4.26. The van der Waals surface area contributed by atoms with Crippen LogP contribution in [-0.2, 0) is 23.3 Å². The van der Waals surface area contributed by atoms with Gasteiger partial charge in [-0.15, -0.1) is 5.10 Å². The molecule has 24 heavy (non-hydrogen) atoms. The average molecular weight is 388 g/mol. The molecule has 1 aromatic heterocycles. The van der Waals surface area contributed by atoms with Crippen LogP contribution < -0.4 is 5.32 Å². The number of hydrogen-bond donors (Lipinski definition) is 1. The van der Waals surface area contributed by atoms with Crippen LogP contribution in [-0.4, -0.2) is 33.1 Å². The summed E-state index contributed by atoms with van der Waals surface area (Å²) in [6.07, 6.45) is 3.30. The fourth-order valence-electron chi connectivity index (χ4n) is 1.69. The summed E-state index contributed by atoms with van der Waals surface area (Å²) >= 11 is 13.2. The van der Waals surface area contributed by atoms with Crippen LogP contribution in [0.1, 0.15) is 12.0 Å². The molecule has 0 atom stereocenters. The molecule has 1 aromatic carbocycles. The minimum Gasteiger partial charge on any atom is -0.391 e. The van der Waals surface area contributed by atoms with Crippen molar-refractivity contribution in [2.75, 3.05) is 11.6 Å². The lowest BCUT2D eigenvalue weighted by atomic mass is 10.2. The lowest BCUT2D eigenvalue weighted by Crippen LogP contribution is -2.13. The number of nitrogens with zero attached hydrogens (tertiary/aromatic N) is 4. The zero-order chi connectivity index (χ0) is 17.5. The van der Waals surface area contributed by atoms with Crippen molar-refractivity contribution in [1.29, 1.82) is 0 Å². The lowest BCUT2D eigenvalue weighted by Gasteiger charge is -2.01. The first kappa shape index (κ1) is 18.6. The standard InChI is InChI=1S/C14H15Cl2N5O2S/c1-21-14(24-2)19-13(20-21)18-12(22)5-6-17-23-8-9-3-4-10(15)11(16)7-9/h3-4,6-7H,5,8H2,1-2H3,(H,18,20,22)/b17-6-. The highest BCUT2D eigenvalue weighted by Gasteiger charge is 2.08. The number of oxime groups is 1. The molecule has 1 heterocycles. The van der Waals surface area contributed by atoms with Gasteiger partial charge >= 0.3 is 0 Å². The minimum absolute atomic E-state index is 0.0498. The summed E-state index contributed by atoms with van der Waals surface area (Å²) in [6, 6.07) is 5.16. The Morgan fingerprint density at radius 1 is 1.46 bits per heavy atom. The van der Waals surface area contributed by atoms with Crippen LogP contribution >= 0.6 is 35.0 Å². The second kappa shape index (κ2) is 8.91. The Balaban J connectivity index is 1.74. The Kier molecular flexibility index (Phi) is 6.89. The molecule has 2 aromatic rings. The third-order valence-electron chi connectivity index (χ3n) is 2.80. The summed E-state index contributed by atoms with van der Waals surface area (Å²) < 4.78 is 1.59. The van der Waals surface area contributed by atoms with Crippen LogP contribution in [0.5, 0.6) is 0 Å². The number of halogens is 2. The first-order valence-electron chi connectivity index (χ1n) is 6.82. The topological polar surface area (TPSA) is 81.4 Å². The number of aromatic nitrogens is 3. The van der Waals surface area contributed by atoms with Gasteiger partial charge in [0.05, 0.1) is 22.7 Å². The van der Waals surface area contributed by atoms with Crippen LogP contribution in [0.15, 0.2) is 28.5 Å². The number of thioether (sulfide) groups is 1. The van der Waals surface area contributed by atoms with Gasteiger partial charge in [-0.25, -0.2) is 4.68 Å². The Morgan fingerprint density at radius 3 is 2.92 bits per heavy atom. The summed E-state index contributed by atoms with van der Waals surface area (Å²) in [7, 11) is 1.76. The molecule has 128 valence electrons. The monoisotopic (exact) mass is 387 g/mol. The number of nitrogens with one attached hydrogen (secondary N) is 1. The van der Waals surface area contributed by atoms with E-state index in [-0.39, 0.29) is 24.9 Å². The van der Waals surface area contributed by atoms with E-state index < -0.39 is 0 Å². The number of hydrogen-bond acceptors (Lipinski definition) is 6. The molecule has 1 amide bonds.